The van der Waals surface area contributed by atoms with E-state index in [1.165, 1.54) is 23.9 Å². The predicted octanol–water partition coefficient (Wildman–Crippen LogP) is 3.82. The number of para-hydroxylation sites is 1. The fraction of sp³-hybridized carbons (Fsp3) is 0.167. The number of aromatic nitrogens is 3. The molecule has 138 valence electrons. The van der Waals surface area contributed by atoms with Crippen molar-refractivity contribution in [2.45, 2.75) is 18.4 Å². The zero-order chi connectivity index (χ0) is 18.6. The van der Waals surface area contributed by atoms with Crippen LogP contribution in [0.15, 0.2) is 64.9 Å². The topological polar surface area (TPSA) is 61.5 Å². The average molecular weight is 388 g/mol. The Morgan fingerprint density at radius 1 is 1.00 bits per heavy atom. The van der Waals surface area contributed by atoms with Crippen LogP contribution in [0, 0.1) is 0 Å². The molecule has 9 heteroatoms. The van der Waals surface area contributed by atoms with Crippen molar-refractivity contribution in [3.63, 3.8) is 0 Å². The summed E-state index contributed by atoms with van der Waals surface area (Å²) in [6, 6.07) is 15.8. The van der Waals surface area contributed by atoms with Crippen molar-refractivity contribution in [1.29, 1.82) is 0 Å². The lowest BCUT2D eigenvalue weighted by Gasteiger charge is -2.14. The fourth-order valence-corrected chi connectivity index (χ4v) is 3.35. The third-order valence-electron chi connectivity index (χ3n) is 3.76. The molecule has 0 N–H and O–H groups in total. The van der Waals surface area contributed by atoms with Crippen LogP contribution in [-0.2, 0) is 6.61 Å². The molecule has 1 aliphatic rings. The number of halogens is 2. The van der Waals surface area contributed by atoms with Gasteiger partial charge in [0.05, 0.1) is 5.71 Å². The number of benzene rings is 2. The van der Waals surface area contributed by atoms with Crippen molar-refractivity contribution in [3.8, 4) is 11.5 Å². The van der Waals surface area contributed by atoms with Gasteiger partial charge in [-0.25, -0.2) is 0 Å². The Hall–Kier alpha value is -2.94. The van der Waals surface area contributed by atoms with E-state index in [2.05, 4.69) is 20.0 Å². The van der Waals surface area contributed by atoms with Crippen molar-refractivity contribution in [2.75, 3.05) is 5.75 Å². The van der Waals surface area contributed by atoms with Crippen LogP contribution >= 0.6 is 11.8 Å². The highest BCUT2D eigenvalue weighted by Gasteiger charge is 2.20. The first-order valence-electron chi connectivity index (χ1n) is 8.07. The molecule has 0 radical (unpaired) electrons. The van der Waals surface area contributed by atoms with Crippen molar-refractivity contribution in [3.05, 3.63) is 66.0 Å². The smallest absolute Gasteiger partial charge is 0.387 e. The van der Waals surface area contributed by atoms with Crippen LogP contribution in [0.5, 0.6) is 11.5 Å². The molecular weight excluding hydrogens is 374 g/mol. The second-order valence-corrected chi connectivity index (χ2v) is 6.49. The standard InChI is InChI=1S/C18H14F2N4O2S/c19-17(20)26-14-8-6-12(7-9-14)15-11-27-18-22-21-16(24(18)23-15)10-25-13-4-2-1-3-5-13/h1-9,17H,10-11H2. The van der Waals surface area contributed by atoms with Crippen molar-refractivity contribution < 1.29 is 18.3 Å². The Balaban J connectivity index is 1.52. The van der Waals surface area contributed by atoms with E-state index in [9.17, 15) is 8.78 Å². The number of fused-ring (bicyclic) bond motifs is 1. The summed E-state index contributed by atoms with van der Waals surface area (Å²) < 4.78 is 36.3. The minimum absolute atomic E-state index is 0.111. The number of hydrogen-bond donors (Lipinski definition) is 0. The number of hydrogen-bond acceptors (Lipinski definition) is 6. The Kier molecular flexibility index (Phi) is 5.01. The van der Waals surface area contributed by atoms with Crippen LogP contribution < -0.4 is 9.47 Å². The fourth-order valence-electron chi connectivity index (χ4n) is 2.49. The minimum Gasteiger partial charge on any atom is -0.486 e. The number of alkyl halides is 2. The lowest BCUT2D eigenvalue weighted by atomic mass is 10.1. The molecule has 0 bridgehead atoms. The van der Waals surface area contributed by atoms with Gasteiger partial charge >= 0.3 is 6.61 Å². The zero-order valence-corrected chi connectivity index (χ0v) is 14.8. The molecular formula is C18H14F2N4O2S. The van der Waals surface area contributed by atoms with Gasteiger partial charge in [-0.15, -0.1) is 10.2 Å². The lowest BCUT2D eigenvalue weighted by Crippen LogP contribution is -2.15. The molecule has 0 fully saturated rings. The average Bonchev–Trinajstić information content (AvgIpc) is 3.09. The molecule has 0 spiro atoms. The van der Waals surface area contributed by atoms with E-state index < -0.39 is 6.61 Å². The van der Waals surface area contributed by atoms with Gasteiger partial charge in [0.2, 0.25) is 5.16 Å². The molecule has 6 nitrogen and oxygen atoms in total. The van der Waals surface area contributed by atoms with Gasteiger partial charge in [0.25, 0.3) is 0 Å². The first-order valence-corrected chi connectivity index (χ1v) is 9.05. The molecule has 2 heterocycles. The van der Waals surface area contributed by atoms with Gasteiger partial charge in [-0.3, -0.25) is 0 Å². The van der Waals surface area contributed by atoms with Crippen molar-refractivity contribution in [1.82, 2.24) is 14.9 Å². The first-order chi connectivity index (χ1) is 13.2. The monoisotopic (exact) mass is 388 g/mol. The number of ether oxygens (including phenoxy) is 2. The van der Waals surface area contributed by atoms with E-state index in [0.29, 0.717) is 16.7 Å². The summed E-state index contributed by atoms with van der Waals surface area (Å²) in [5, 5.41) is 13.6. The van der Waals surface area contributed by atoms with Crippen LogP contribution in [-0.4, -0.2) is 32.9 Å². The normalized spacial score (nSPS) is 13.2. The predicted molar refractivity (Wildman–Crippen MR) is 96.5 cm³/mol. The third kappa shape index (κ3) is 4.08. The SMILES string of the molecule is FC(F)Oc1ccc(C2=Nn3c(COc4ccccc4)nnc3SC2)cc1. The largest absolute Gasteiger partial charge is 0.486 e. The highest BCUT2D eigenvalue weighted by atomic mass is 32.2. The van der Waals surface area contributed by atoms with Crippen molar-refractivity contribution >= 4 is 17.5 Å². The minimum atomic E-state index is -2.84. The highest BCUT2D eigenvalue weighted by molar-refractivity contribution is 7.99. The van der Waals surface area contributed by atoms with Crippen molar-refractivity contribution in [2.24, 2.45) is 5.10 Å². The molecule has 1 aliphatic heterocycles. The van der Waals surface area contributed by atoms with E-state index in [1.54, 1.807) is 16.8 Å². The molecule has 27 heavy (non-hydrogen) atoms. The zero-order valence-electron chi connectivity index (χ0n) is 14.0. The molecule has 0 saturated heterocycles. The molecule has 4 rings (SSSR count). The summed E-state index contributed by atoms with van der Waals surface area (Å²) in [6.07, 6.45) is 0. The summed E-state index contributed by atoms with van der Waals surface area (Å²) in [7, 11) is 0. The van der Waals surface area contributed by atoms with Gasteiger partial charge in [-0.2, -0.15) is 18.6 Å². The molecule has 2 aromatic carbocycles. The Labute approximate surface area is 157 Å². The maximum Gasteiger partial charge on any atom is 0.387 e. The van der Waals surface area contributed by atoms with E-state index in [1.807, 2.05) is 30.3 Å². The maximum absolute atomic E-state index is 12.3. The molecule has 0 atom stereocenters. The molecule has 0 amide bonds. The van der Waals surface area contributed by atoms with E-state index >= 15 is 0 Å². The molecule has 0 saturated carbocycles. The Morgan fingerprint density at radius 2 is 1.78 bits per heavy atom. The van der Waals surface area contributed by atoms with Gasteiger partial charge in [0, 0.05) is 5.75 Å². The van der Waals surface area contributed by atoms with Gasteiger partial charge in [-0.1, -0.05) is 30.0 Å². The van der Waals surface area contributed by atoms with E-state index in [-0.39, 0.29) is 12.4 Å². The summed E-state index contributed by atoms with van der Waals surface area (Å²) in [5.74, 6) is 2.03. The Morgan fingerprint density at radius 3 is 2.52 bits per heavy atom. The van der Waals surface area contributed by atoms with Gasteiger partial charge < -0.3 is 9.47 Å². The molecule has 1 aromatic heterocycles. The molecule has 0 aliphatic carbocycles. The number of thioether (sulfide) groups is 1. The lowest BCUT2D eigenvalue weighted by molar-refractivity contribution is -0.0498. The van der Waals surface area contributed by atoms with Crippen LogP contribution in [0.25, 0.3) is 0 Å². The van der Waals surface area contributed by atoms with Crippen LogP contribution in [0.1, 0.15) is 11.4 Å². The first kappa shape index (κ1) is 17.5. The van der Waals surface area contributed by atoms with Crippen LogP contribution in [0.2, 0.25) is 0 Å². The van der Waals surface area contributed by atoms with Gasteiger partial charge in [0.15, 0.2) is 5.82 Å². The Bertz CT molecular complexity index is 946. The summed E-state index contributed by atoms with van der Waals surface area (Å²) in [5.41, 5.74) is 1.61. The van der Waals surface area contributed by atoms with E-state index in [0.717, 1.165) is 17.0 Å². The molecule has 3 aromatic rings. The van der Waals surface area contributed by atoms with Gasteiger partial charge in [-0.05, 0) is 42.0 Å². The second kappa shape index (κ2) is 7.75. The summed E-state index contributed by atoms with van der Waals surface area (Å²) in [6.45, 7) is -2.61. The number of rotatable bonds is 6. The van der Waals surface area contributed by atoms with Gasteiger partial charge in [0.1, 0.15) is 18.1 Å². The van der Waals surface area contributed by atoms with Crippen LogP contribution in [0.4, 0.5) is 8.78 Å². The number of nitrogens with zero attached hydrogens (tertiary/aromatic N) is 4. The third-order valence-corrected chi connectivity index (χ3v) is 4.69. The summed E-state index contributed by atoms with van der Waals surface area (Å²) in [4.78, 5) is 0. The highest BCUT2D eigenvalue weighted by Crippen LogP contribution is 2.25. The quantitative estimate of drug-likeness (QED) is 0.643. The van der Waals surface area contributed by atoms with E-state index in [4.69, 9.17) is 4.74 Å². The molecule has 0 unspecified atom stereocenters. The summed E-state index contributed by atoms with van der Waals surface area (Å²) >= 11 is 1.50. The van der Waals surface area contributed by atoms with Crippen LogP contribution in [0.3, 0.4) is 0 Å². The maximum atomic E-state index is 12.3. The second-order valence-electron chi connectivity index (χ2n) is 5.55.